The summed E-state index contributed by atoms with van der Waals surface area (Å²) < 4.78 is 6.07. The third-order valence-electron chi connectivity index (χ3n) is 3.72. The van der Waals surface area contributed by atoms with E-state index < -0.39 is 11.4 Å². The largest absolute Gasteiger partial charge is 1.00 e. The lowest BCUT2D eigenvalue weighted by Crippen LogP contribution is -3.25. The van der Waals surface area contributed by atoms with E-state index in [4.69, 9.17) is 28.1 Å². The molecule has 1 N–H and O–H groups in total. The average Bonchev–Trinajstić information content (AvgIpc) is 2.60. The molecule has 0 bridgehead atoms. The number of carbonyl (C=O) groups excluding carboxylic acids is 2. The molecule has 0 aliphatic rings. The number of amides is 2. The minimum absolute atomic E-state index is 0. The lowest BCUT2D eigenvalue weighted by Gasteiger charge is -2.33. The van der Waals surface area contributed by atoms with Crippen LogP contribution in [0.5, 0.6) is 5.75 Å². The Labute approximate surface area is 187 Å². The number of rotatable bonds is 3. The monoisotopic (exact) mass is 466 g/mol. The number of nitrogens with zero attached hydrogens (tertiary/aromatic N) is 1. The van der Waals surface area contributed by atoms with E-state index in [1.165, 1.54) is 7.11 Å². The van der Waals surface area contributed by atoms with Gasteiger partial charge >= 0.3 is 11.8 Å². The van der Waals surface area contributed by atoms with Gasteiger partial charge in [0.1, 0.15) is 11.3 Å². The second-order valence-corrected chi connectivity index (χ2v) is 7.53. The van der Waals surface area contributed by atoms with Crippen molar-refractivity contribution in [2.75, 3.05) is 7.11 Å². The van der Waals surface area contributed by atoms with E-state index >= 15 is 0 Å². The Morgan fingerprint density at radius 1 is 1.04 bits per heavy atom. The van der Waals surface area contributed by atoms with Crippen molar-refractivity contribution < 1.29 is 31.7 Å². The zero-order valence-electron chi connectivity index (χ0n) is 15.8. The van der Waals surface area contributed by atoms with Gasteiger partial charge in [-0.15, -0.1) is 17.4 Å². The van der Waals surface area contributed by atoms with Crippen molar-refractivity contribution in [3.8, 4) is 5.75 Å². The van der Waals surface area contributed by atoms with Gasteiger partial charge < -0.3 is 17.1 Å². The summed E-state index contributed by atoms with van der Waals surface area (Å²) in [7, 11) is 1.52. The molecule has 0 spiro atoms. The van der Waals surface area contributed by atoms with Gasteiger partial charge in [0.15, 0.2) is 0 Å². The minimum atomic E-state index is -0.663. The van der Waals surface area contributed by atoms with Crippen LogP contribution in [-0.2, 0) is 0 Å². The minimum Gasteiger partial charge on any atom is -1.00 e. The zero-order valence-corrected chi connectivity index (χ0v) is 18.9. The van der Waals surface area contributed by atoms with Gasteiger partial charge in [0.2, 0.25) is 0 Å². The van der Waals surface area contributed by atoms with Crippen LogP contribution in [0.1, 0.15) is 41.5 Å². The van der Waals surface area contributed by atoms with Crippen LogP contribution in [0, 0.1) is 0 Å². The number of benzene rings is 2. The first-order valence-electron chi connectivity index (χ1n) is 7.97. The molecule has 1 unspecified atom stereocenters. The highest BCUT2D eigenvalue weighted by atomic mass is 35.5. The topological polar surface area (TPSA) is 51.1 Å². The quantitative estimate of drug-likeness (QED) is 0.536. The summed E-state index contributed by atoms with van der Waals surface area (Å²) in [5.41, 5.74) is 0.0673. The maximum Gasteiger partial charge on any atom is 0.370 e. The van der Waals surface area contributed by atoms with E-state index in [2.05, 4.69) is 0 Å². The molecule has 1 atom stereocenters. The molecule has 9 heteroatoms. The molecule has 0 aromatic heterocycles. The van der Waals surface area contributed by atoms with E-state index in [9.17, 15) is 9.59 Å². The second kappa shape index (κ2) is 10.9. The Bertz CT molecular complexity index is 808. The van der Waals surface area contributed by atoms with Gasteiger partial charge in [-0.3, -0.25) is 4.79 Å². The second-order valence-electron chi connectivity index (χ2n) is 6.75. The number of halogens is 4. The van der Waals surface area contributed by atoms with E-state index in [1.54, 1.807) is 48.5 Å². The van der Waals surface area contributed by atoms with E-state index in [-0.39, 0.29) is 35.7 Å². The van der Waals surface area contributed by atoms with Gasteiger partial charge in [-0.05, 0) is 63.2 Å². The van der Waals surface area contributed by atoms with Gasteiger partial charge in [-0.1, -0.05) is 22.2 Å². The molecule has 28 heavy (non-hydrogen) atoms. The average molecular weight is 468 g/mol. The predicted octanol–water partition coefficient (Wildman–Crippen LogP) is 0.809. The number of hydrogen-bond donors (Lipinski definition) is 1. The highest BCUT2D eigenvalue weighted by Crippen LogP contribution is 2.14. The third kappa shape index (κ3) is 6.26. The molecular weight excluding hydrogens is 446 g/mol. The van der Waals surface area contributed by atoms with Crippen molar-refractivity contribution in [1.82, 2.24) is 4.53 Å². The normalized spacial score (nSPS) is 11.5. The molecule has 0 fully saturated rings. The molecule has 0 radical (unpaired) electrons. The molecule has 2 aromatic carbocycles. The van der Waals surface area contributed by atoms with Crippen molar-refractivity contribution >= 4 is 47.6 Å². The SMILES string of the molecule is COc1cccc(C(=O)[NH+](N(Cl)C(=O)c2ccc(Cl)cc2)C(C)(C)C)c1.Cl.[Cl-]. The molecule has 0 aliphatic heterocycles. The number of hydrogen-bond acceptors (Lipinski definition) is 3. The summed E-state index contributed by atoms with van der Waals surface area (Å²) in [5.74, 6) is -0.285. The van der Waals surface area contributed by atoms with Crippen molar-refractivity contribution in [1.29, 1.82) is 0 Å². The van der Waals surface area contributed by atoms with Gasteiger partial charge in [0.25, 0.3) is 0 Å². The predicted molar refractivity (Wildman–Crippen MR) is 109 cm³/mol. The summed E-state index contributed by atoms with van der Waals surface area (Å²) >= 11 is 12.2. The molecule has 0 heterocycles. The molecule has 5 nitrogen and oxygen atoms in total. The van der Waals surface area contributed by atoms with Crippen LogP contribution in [-0.4, -0.2) is 29.0 Å². The number of carbonyl (C=O) groups is 2. The highest BCUT2D eigenvalue weighted by Gasteiger charge is 2.41. The molecule has 0 saturated carbocycles. The first-order chi connectivity index (χ1) is 12.1. The van der Waals surface area contributed by atoms with Crippen LogP contribution < -0.4 is 22.2 Å². The lowest BCUT2D eigenvalue weighted by molar-refractivity contribution is -0.951. The molecule has 2 rings (SSSR count). The summed E-state index contributed by atoms with van der Waals surface area (Å²) in [6.45, 7) is 5.47. The van der Waals surface area contributed by atoms with E-state index in [1.807, 2.05) is 20.8 Å². The zero-order chi connectivity index (χ0) is 19.5. The van der Waals surface area contributed by atoms with Crippen LogP contribution in [0.4, 0.5) is 0 Å². The lowest BCUT2D eigenvalue weighted by atomic mass is 10.1. The van der Waals surface area contributed by atoms with Crippen LogP contribution in [0.15, 0.2) is 48.5 Å². The van der Waals surface area contributed by atoms with Crippen LogP contribution in [0.3, 0.4) is 0 Å². The van der Waals surface area contributed by atoms with Crippen LogP contribution in [0.25, 0.3) is 0 Å². The Balaban J connectivity index is 0.00000364. The van der Waals surface area contributed by atoms with Crippen LogP contribution >= 0.6 is 35.8 Å². The summed E-state index contributed by atoms with van der Waals surface area (Å²) in [6.07, 6.45) is 0. The number of nitrogens with one attached hydrogen (secondary N) is 1. The fourth-order valence-electron chi connectivity index (χ4n) is 2.43. The Hall–Kier alpha value is -1.50. The van der Waals surface area contributed by atoms with Gasteiger partial charge in [-0.25, -0.2) is 4.79 Å². The first kappa shape index (κ1) is 26.5. The maximum absolute atomic E-state index is 13.1. The molecule has 0 aliphatic carbocycles. The number of methoxy groups -OCH3 is 1. The van der Waals surface area contributed by atoms with Crippen molar-refractivity contribution in [2.24, 2.45) is 0 Å². The Morgan fingerprint density at radius 2 is 1.61 bits per heavy atom. The van der Waals surface area contributed by atoms with Gasteiger partial charge in [0.05, 0.1) is 24.4 Å². The van der Waals surface area contributed by atoms with Gasteiger partial charge in [-0.2, -0.15) is 0 Å². The van der Waals surface area contributed by atoms with Crippen molar-refractivity contribution in [2.45, 2.75) is 26.3 Å². The fraction of sp³-hybridized carbons (Fsp3) is 0.263. The smallest absolute Gasteiger partial charge is 0.370 e. The summed E-state index contributed by atoms with van der Waals surface area (Å²) in [4.78, 5) is 25.9. The Morgan fingerprint density at radius 3 is 2.11 bits per heavy atom. The standard InChI is InChI=1S/C19H20Cl2N2O3.2ClH/c1-19(2,3)22(17(24)14-6-5-7-16(12-14)26-4)23(21)18(25)13-8-10-15(20)11-9-13;;/h5-12H,1-4H3;2*1H. The third-order valence-corrected chi connectivity index (χ3v) is 4.30. The van der Waals surface area contributed by atoms with Crippen LogP contribution in [0.2, 0.25) is 5.02 Å². The van der Waals surface area contributed by atoms with E-state index in [0.717, 1.165) is 4.53 Å². The van der Waals surface area contributed by atoms with E-state index in [0.29, 0.717) is 21.9 Å². The molecular formula is C19H22Cl4N2O3. The maximum atomic E-state index is 13.1. The van der Waals surface area contributed by atoms with Crippen molar-refractivity contribution in [3.63, 3.8) is 0 Å². The number of ether oxygens (including phenoxy) is 1. The Kier molecular flexibility index (Phi) is 10.3. The number of quaternary nitrogens is 1. The highest BCUT2D eigenvalue weighted by molar-refractivity contribution is 6.30. The fourth-order valence-corrected chi connectivity index (χ4v) is 2.99. The van der Waals surface area contributed by atoms with Gasteiger partial charge in [0, 0.05) is 10.6 Å². The molecule has 2 amide bonds. The summed E-state index contributed by atoms with van der Waals surface area (Å²) in [6, 6.07) is 13.1. The van der Waals surface area contributed by atoms with Crippen molar-refractivity contribution in [3.05, 3.63) is 64.7 Å². The molecule has 0 saturated heterocycles. The summed E-state index contributed by atoms with van der Waals surface area (Å²) in [5, 5.41) is 0.683. The first-order valence-corrected chi connectivity index (χ1v) is 8.68. The molecule has 2 aromatic rings. The molecule has 154 valence electrons.